The number of sulfonamides is 1. The summed E-state index contributed by atoms with van der Waals surface area (Å²) in [5, 5.41) is 4.19. The van der Waals surface area contributed by atoms with Gasteiger partial charge in [0.1, 0.15) is 22.4 Å². The summed E-state index contributed by atoms with van der Waals surface area (Å²) >= 11 is 0. The molecule has 1 aromatic carbocycles. The lowest BCUT2D eigenvalue weighted by molar-refractivity contribution is 0.397. The second-order valence-electron chi connectivity index (χ2n) is 5.52. The minimum Gasteiger partial charge on any atom is -0.495 e. The third-order valence-electron chi connectivity index (χ3n) is 3.79. The zero-order valence-corrected chi connectivity index (χ0v) is 14.7. The number of nitrogens with one attached hydrogen (secondary N) is 1. The molecule has 7 nitrogen and oxygen atoms in total. The minimum atomic E-state index is -3.76. The number of benzene rings is 1. The van der Waals surface area contributed by atoms with Crippen molar-refractivity contribution in [3.8, 4) is 5.75 Å². The van der Waals surface area contributed by atoms with Crippen LogP contribution in [0.2, 0.25) is 0 Å². The number of aryl methyl sites for hydroxylation is 1. The highest BCUT2D eigenvalue weighted by Crippen LogP contribution is 2.25. The topological polar surface area (TPSA) is 86.4 Å². The van der Waals surface area contributed by atoms with E-state index >= 15 is 0 Å². The minimum absolute atomic E-state index is 0.0919. The maximum absolute atomic E-state index is 12.8. The Kier molecular flexibility index (Phi) is 4.91. The number of hydrogen-bond acceptors (Lipinski definition) is 5. The predicted octanol–water partition coefficient (Wildman–Crippen LogP) is 2.36. The van der Waals surface area contributed by atoms with Gasteiger partial charge in [-0.2, -0.15) is 5.10 Å². The van der Waals surface area contributed by atoms with E-state index in [1.807, 2.05) is 6.92 Å². The van der Waals surface area contributed by atoms with Crippen LogP contribution in [0.4, 0.5) is 0 Å². The number of methoxy groups -OCH3 is 1. The van der Waals surface area contributed by atoms with Crippen molar-refractivity contribution in [2.45, 2.75) is 17.9 Å². The van der Waals surface area contributed by atoms with E-state index < -0.39 is 16.1 Å². The van der Waals surface area contributed by atoms with Crippen molar-refractivity contribution in [2.24, 2.45) is 0 Å². The summed E-state index contributed by atoms with van der Waals surface area (Å²) in [6.07, 6.45) is 4.94. The molecular formula is C17H19N3O4S. The van der Waals surface area contributed by atoms with Gasteiger partial charge in [-0.15, -0.1) is 0 Å². The third-order valence-corrected chi connectivity index (χ3v) is 5.24. The quantitative estimate of drug-likeness (QED) is 0.698. The van der Waals surface area contributed by atoms with Gasteiger partial charge < -0.3 is 9.15 Å². The maximum atomic E-state index is 12.8. The Bertz CT molecular complexity index is 885. The van der Waals surface area contributed by atoms with Crippen LogP contribution in [0.1, 0.15) is 17.4 Å². The normalized spacial score (nSPS) is 12.9. The van der Waals surface area contributed by atoms with Crippen LogP contribution in [-0.2, 0) is 10.0 Å². The van der Waals surface area contributed by atoms with Crippen molar-refractivity contribution in [3.63, 3.8) is 0 Å². The van der Waals surface area contributed by atoms with Crippen molar-refractivity contribution < 1.29 is 17.6 Å². The molecule has 0 spiro atoms. The number of ether oxygens (including phenoxy) is 1. The molecule has 3 rings (SSSR count). The number of furan rings is 1. The van der Waals surface area contributed by atoms with Crippen LogP contribution in [0.15, 0.2) is 64.4 Å². The maximum Gasteiger partial charge on any atom is 0.244 e. The first kappa shape index (κ1) is 17.2. The Balaban J connectivity index is 1.87. The van der Waals surface area contributed by atoms with Crippen molar-refractivity contribution in [1.82, 2.24) is 14.5 Å². The molecular weight excluding hydrogens is 342 g/mol. The molecule has 0 radical (unpaired) electrons. The van der Waals surface area contributed by atoms with Crippen LogP contribution in [0, 0.1) is 6.92 Å². The van der Waals surface area contributed by atoms with Gasteiger partial charge in [-0.3, -0.25) is 4.68 Å². The average molecular weight is 361 g/mol. The Morgan fingerprint density at radius 2 is 2.16 bits per heavy atom. The number of rotatable bonds is 7. The lowest BCUT2D eigenvalue weighted by atomic mass is 10.2. The van der Waals surface area contributed by atoms with E-state index in [-0.39, 0.29) is 11.4 Å². The summed E-state index contributed by atoms with van der Waals surface area (Å²) in [6, 6.07) is 9.94. The van der Waals surface area contributed by atoms with E-state index in [0.717, 1.165) is 5.56 Å². The van der Waals surface area contributed by atoms with Crippen molar-refractivity contribution >= 4 is 10.0 Å². The number of aromatic nitrogens is 2. The molecule has 25 heavy (non-hydrogen) atoms. The lowest BCUT2D eigenvalue weighted by Crippen LogP contribution is -2.31. The fraction of sp³-hybridized carbons (Fsp3) is 0.235. The highest BCUT2D eigenvalue weighted by atomic mass is 32.2. The van der Waals surface area contributed by atoms with Gasteiger partial charge in [0.15, 0.2) is 0 Å². The highest BCUT2D eigenvalue weighted by molar-refractivity contribution is 7.89. The summed E-state index contributed by atoms with van der Waals surface area (Å²) in [4.78, 5) is 0.105. The first-order chi connectivity index (χ1) is 12.0. The molecule has 0 amide bonds. The summed E-state index contributed by atoms with van der Waals surface area (Å²) in [5.74, 6) is 0.911. The Morgan fingerprint density at radius 3 is 2.80 bits per heavy atom. The predicted molar refractivity (Wildman–Crippen MR) is 92.0 cm³/mol. The molecule has 0 saturated heterocycles. The summed E-state index contributed by atoms with van der Waals surface area (Å²) in [5.41, 5.74) is 0.829. The second kappa shape index (κ2) is 7.12. The molecule has 0 aliphatic rings. The zero-order valence-electron chi connectivity index (χ0n) is 13.9. The SMILES string of the molecule is COc1ccc(C)cc1S(=O)(=O)NCC(c1ccco1)n1cccn1. The zero-order chi connectivity index (χ0) is 17.9. The summed E-state index contributed by atoms with van der Waals surface area (Å²) in [7, 11) is -2.32. The van der Waals surface area contributed by atoms with Gasteiger partial charge in [-0.1, -0.05) is 6.07 Å². The molecule has 0 fully saturated rings. The summed E-state index contributed by atoms with van der Waals surface area (Å²) in [6.45, 7) is 1.92. The molecule has 0 bridgehead atoms. The molecule has 3 aromatic rings. The van der Waals surface area contributed by atoms with Crippen LogP contribution in [-0.4, -0.2) is 31.9 Å². The molecule has 1 unspecified atom stereocenters. The first-order valence-corrected chi connectivity index (χ1v) is 9.16. The van der Waals surface area contributed by atoms with E-state index in [1.165, 1.54) is 7.11 Å². The van der Waals surface area contributed by atoms with Crippen LogP contribution >= 0.6 is 0 Å². The second-order valence-corrected chi connectivity index (χ2v) is 7.26. The molecule has 1 N–H and O–H groups in total. The molecule has 1 atom stereocenters. The third kappa shape index (κ3) is 3.75. The average Bonchev–Trinajstić information content (AvgIpc) is 3.29. The van der Waals surface area contributed by atoms with Gasteiger partial charge in [0.25, 0.3) is 0 Å². The molecule has 8 heteroatoms. The summed E-state index contributed by atoms with van der Waals surface area (Å²) < 4.78 is 40.4. The molecule has 0 aliphatic heterocycles. The molecule has 132 valence electrons. The fourth-order valence-electron chi connectivity index (χ4n) is 2.53. The number of hydrogen-bond donors (Lipinski definition) is 1. The van der Waals surface area contributed by atoms with E-state index in [0.29, 0.717) is 11.5 Å². The Morgan fingerprint density at radius 1 is 1.32 bits per heavy atom. The smallest absolute Gasteiger partial charge is 0.244 e. The van der Waals surface area contributed by atoms with Crippen molar-refractivity contribution in [2.75, 3.05) is 13.7 Å². The van der Waals surface area contributed by atoms with Gasteiger partial charge in [0, 0.05) is 18.9 Å². The largest absolute Gasteiger partial charge is 0.495 e. The fourth-order valence-corrected chi connectivity index (χ4v) is 3.82. The Labute approximate surface area is 146 Å². The number of nitrogens with zero attached hydrogens (tertiary/aromatic N) is 2. The van der Waals surface area contributed by atoms with E-state index in [9.17, 15) is 8.42 Å². The molecule has 2 aromatic heterocycles. The van der Waals surface area contributed by atoms with Gasteiger partial charge in [-0.25, -0.2) is 13.1 Å². The van der Waals surface area contributed by atoms with Crippen molar-refractivity contribution in [3.05, 3.63) is 66.4 Å². The van der Waals surface area contributed by atoms with Gasteiger partial charge in [0.2, 0.25) is 10.0 Å². The lowest BCUT2D eigenvalue weighted by Gasteiger charge is -2.17. The molecule has 0 aliphatic carbocycles. The van der Waals surface area contributed by atoms with Gasteiger partial charge in [-0.05, 0) is 42.8 Å². The van der Waals surface area contributed by atoms with Crippen molar-refractivity contribution in [1.29, 1.82) is 0 Å². The highest BCUT2D eigenvalue weighted by Gasteiger charge is 2.24. The van der Waals surface area contributed by atoms with Crippen LogP contribution in [0.25, 0.3) is 0 Å². The van der Waals surface area contributed by atoms with E-state index in [2.05, 4.69) is 9.82 Å². The Hall–Kier alpha value is -2.58. The molecule has 0 saturated carbocycles. The van der Waals surface area contributed by atoms with E-state index in [4.69, 9.17) is 9.15 Å². The molecule has 2 heterocycles. The van der Waals surface area contributed by atoms with Crippen LogP contribution < -0.4 is 9.46 Å². The standard InChI is InChI=1S/C17H19N3O4S/c1-13-6-7-16(23-2)17(11-13)25(21,22)19-12-14(15-5-3-10-24-15)20-9-4-8-18-20/h3-11,14,19H,12H2,1-2H3. The van der Waals surface area contributed by atoms with E-state index in [1.54, 1.807) is 59.7 Å². The van der Waals surface area contributed by atoms with Crippen LogP contribution in [0.5, 0.6) is 5.75 Å². The monoisotopic (exact) mass is 361 g/mol. The van der Waals surface area contributed by atoms with Crippen LogP contribution in [0.3, 0.4) is 0 Å². The van der Waals surface area contributed by atoms with Gasteiger partial charge >= 0.3 is 0 Å². The first-order valence-electron chi connectivity index (χ1n) is 7.68. The van der Waals surface area contributed by atoms with Gasteiger partial charge in [0.05, 0.1) is 13.4 Å².